The summed E-state index contributed by atoms with van der Waals surface area (Å²) in [7, 11) is -3.93. The summed E-state index contributed by atoms with van der Waals surface area (Å²) >= 11 is 0. The Kier molecular flexibility index (Phi) is 6.49. The van der Waals surface area contributed by atoms with Gasteiger partial charge in [-0.1, -0.05) is 63.4 Å². The van der Waals surface area contributed by atoms with Crippen LogP contribution in [0.5, 0.6) is 0 Å². The predicted molar refractivity (Wildman–Crippen MR) is 124 cm³/mol. The third-order valence-corrected chi connectivity index (χ3v) is 8.48. The van der Waals surface area contributed by atoms with E-state index in [1.807, 2.05) is 12.1 Å². The summed E-state index contributed by atoms with van der Waals surface area (Å²) < 4.78 is 28.7. The third kappa shape index (κ3) is 4.24. The maximum Gasteiger partial charge on any atom is 0.252 e. The number of nitrogens with zero attached hydrogens (tertiary/aromatic N) is 2. The van der Waals surface area contributed by atoms with Gasteiger partial charge in [-0.2, -0.15) is 4.31 Å². The molecule has 2 aliphatic rings. The second-order valence-electron chi connectivity index (χ2n) is 8.97. The second kappa shape index (κ2) is 9.16. The summed E-state index contributed by atoms with van der Waals surface area (Å²) in [6.45, 7) is 4.15. The summed E-state index contributed by atoms with van der Waals surface area (Å²) in [5.41, 5.74) is 1.60. The molecule has 1 aliphatic carbocycles. The van der Waals surface area contributed by atoms with Crippen molar-refractivity contribution in [1.29, 1.82) is 0 Å². The summed E-state index contributed by atoms with van der Waals surface area (Å²) in [4.78, 5) is 27.8. The van der Waals surface area contributed by atoms with Crippen molar-refractivity contribution in [3.8, 4) is 0 Å². The van der Waals surface area contributed by atoms with Gasteiger partial charge in [0.25, 0.3) is 5.91 Å². The van der Waals surface area contributed by atoms with E-state index >= 15 is 0 Å². The molecule has 1 unspecified atom stereocenters. The predicted octanol–water partition coefficient (Wildman–Crippen LogP) is 4.47. The molecule has 0 radical (unpaired) electrons. The van der Waals surface area contributed by atoms with E-state index < -0.39 is 22.0 Å². The highest BCUT2D eigenvalue weighted by molar-refractivity contribution is 7.89. The molecule has 170 valence electrons. The zero-order valence-corrected chi connectivity index (χ0v) is 19.4. The lowest BCUT2D eigenvalue weighted by atomic mass is 9.94. The minimum atomic E-state index is -3.93. The number of carbonyl (C=O) groups excluding carboxylic acids is 2. The smallest absolute Gasteiger partial charge is 0.252 e. The maximum absolute atomic E-state index is 13.7. The SMILES string of the molecule is CC(C)c1ccc(N2C(=O)CC(N(C3CCCCC3)S(=O)(=O)c3ccccc3)C2=O)cc1. The number of benzene rings is 2. The minimum absolute atomic E-state index is 0.132. The summed E-state index contributed by atoms with van der Waals surface area (Å²) in [6.07, 6.45) is 4.16. The van der Waals surface area contributed by atoms with Gasteiger partial charge in [0.2, 0.25) is 15.9 Å². The molecule has 6 nitrogen and oxygen atoms in total. The fourth-order valence-electron chi connectivity index (χ4n) is 4.76. The van der Waals surface area contributed by atoms with Gasteiger partial charge in [0.15, 0.2) is 0 Å². The summed E-state index contributed by atoms with van der Waals surface area (Å²) in [5, 5.41) is 0. The van der Waals surface area contributed by atoms with Gasteiger partial charge in [0.1, 0.15) is 6.04 Å². The van der Waals surface area contributed by atoms with Gasteiger partial charge in [-0.25, -0.2) is 13.3 Å². The number of carbonyl (C=O) groups is 2. The number of imide groups is 1. The molecule has 0 N–H and O–H groups in total. The Hall–Kier alpha value is -2.51. The van der Waals surface area contributed by atoms with Crippen molar-refractivity contribution in [3.63, 3.8) is 0 Å². The number of rotatable bonds is 6. The zero-order chi connectivity index (χ0) is 22.9. The van der Waals surface area contributed by atoms with Crippen LogP contribution in [-0.2, 0) is 19.6 Å². The van der Waals surface area contributed by atoms with E-state index in [4.69, 9.17) is 0 Å². The Morgan fingerprint density at radius 3 is 2.12 bits per heavy atom. The first-order chi connectivity index (χ1) is 15.3. The Balaban J connectivity index is 1.70. The Morgan fingerprint density at radius 1 is 0.906 bits per heavy atom. The monoisotopic (exact) mass is 454 g/mol. The van der Waals surface area contributed by atoms with Gasteiger partial charge >= 0.3 is 0 Å². The lowest BCUT2D eigenvalue weighted by molar-refractivity contribution is -0.122. The molecule has 0 bridgehead atoms. The minimum Gasteiger partial charge on any atom is -0.274 e. The quantitative estimate of drug-likeness (QED) is 0.604. The van der Waals surface area contributed by atoms with Crippen LogP contribution in [0, 0.1) is 0 Å². The molecule has 0 aromatic heterocycles. The lowest BCUT2D eigenvalue weighted by Crippen LogP contribution is -2.51. The van der Waals surface area contributed by atoms with Crippen LogP contribution in [0.15, 0.2) is 59.5 Å². The van der Waals surface area contributed by atoms with Gasteiger partial charge in [-0.05, 0) is 48.6 Å². The number of hydrogen-bond donors (Lipinski definition) is 0. The number of anilines is 1. The van der Waals surface area contributed by atoms with Crippen molar-refractivity contribution in [1.82, 2.24) is 4.31 Å². The highest BCUT2D eigenvalue weighted by Crippen LogP contribution is 2.35. The van der Waals surface area contributed by atoms with Crippen LogP contribution < -0.4 is 4.90 Å². The van der Waals surface area contributed by atoms with Crippen LogP contribution in [0.3, 0.4) is 0 Å². The fraction of sp³-hybridized carbons (Fsp3) is 0.440. The molecule has 32 heavy (non-hydrogen) atoms. The van der Waals surface area contributed by atoms with Crippen LogP contribution >= 0.6 is 0 Å². The number of hydrogen-bond acceptors (Lipinski definition) is 4. The van der Waals surface area contributed by atoms with Crippen molar-refractivity contribution >= 4 is 27.5 Å². The van der Waals surface area contributed by atoms with E-state index in [9.17, 15) is 18.0 Å². The van der Waals surface area contributed by atoms with Gasteiger partial charge in [-0.3, -0.25) is 9.59 Å². The highest BCUT2D eigenvalue weighted by atomic mass is 32.2. The number of sulfonamides is 1. The van der Waals surface area contributed by atoms with Gasteiger partial charge in [0.05, 0.1) is 17.0 Å². The molecule has 2 aromatic carbocycles. The Labute approximate surface area is 190 Å². The molecule has 7 heteroatoms. The molecule has 2 fully saturated rings. The van der Waals surface area contributed by atoms with Gasteiger partial charge < -0.3 is 0 Å². The van der Waals surface area contributed by atoms with Crippen LogP contribution in [0.4, 0.5) is 5.69 Å². The topological polar surface area (TPSA) is 74.8 Å². The molecule has 1 atom stereocenters. The van der Waals surface area contributed by atoms with Gasteiger partial charge in [0, 0.05) is 6.04 Å². The maximum atomic E-state index is 13.7. The van der Waals surface area contributed by atoms with E-state index in [1.165, 1.54) is 4.31 Å². The third-order valence-electron chi connectivity index (χ3n) is 6.50. The van der Waals surface area contributed by atoms with Crippen LogP contribution in [0.1, 0.15) is 63.9 Å². The molecule has 2 amide bonds. The first-order valence-corrected chi connectivity index (χ1v) is 12.8. The average molecular weight is 455 g/mol. The van der Waals surface area contributed by atoms with Crippen LogP contribution in [-0.4, -0.2) is 36.6 Å². The van der Waals surface area contributed by atoms with E-state index in [-0.39, 0.29) is 23.3 Å². The summed E-state index contributed by atoms with van der Waals surface area (Å²) in [5.74, 6) is -0.488. The Bertz CT molecular complexity index is 1070. The molecular formula is C25H30N2O4S. The molecule has 1 saturated heterocycles. The largest absolute Gasteiger partial charge is 0.274 e. The lowest BCUT2D eigenvalue weighted by Gasteiger charge is -2.36. The highest BCUT2D eigenvalue weighted by Gasteiger charge is 2.49. The molecule has 1 aliphatic heterocycles. The normalized spacial score (nSPS) is 20.5. The fourth-order valence-corrected chi connectivity index (χ4v) is 6.61. The number of amides is 2. The molecule has 2 aromatic rings. The van der Waals surface area contributed by atoms with Crippen molar-refractivity contribution in [3.05, 3.63) is 60.2 Å². The Morgan fingerprint density at radius 2 is 1.53 bits per heavy atom. The summed E-state index contributed by atoms with van der Waals surface area (Å²) in [6, 6.07) is 14.3. The van der Waals surface area contributed by atoms with Crippen molar-refractivity contribution in [2.45, 2.75) is 75.3 Å². The first kappa shape index (κ1) is 22.7. The molecule has 0 spiro atoms. The first-order valence-electron chi connectivity index (χ1n) is 11.4. The van der Waals surface area contributed by atoms with E-state index in [0.717, 1.165) is 29.7 Å². The molecule has 1 heterocycles. The molecule has 1 saturated carbocycles. The van der Waals surface area contributed by atoms with Crippen molar-refractivity contribution in [2.24, 2.45) is 0 Å². The zero-order valence-electron chi connectivity index (χ0n) is 18.6. The van der Waals surface area contributed by atoms with Gasteiger partial charge in [-0.15, -0.1) is 0 Å². The van der Waals surface area contributed by atoms with E-state index in [2.05, 4.69) is 13.8 Å². The van der Waals surface area contributed by atoms with Crippen molar-refractivity contribution in [2.75, 3.05) is 4.90 Å². The average Bonchev–Trinajstić information content (AvgIpc) is 3.08. The van der Waals surface area contributed by atoms with Crippen LogP contribution in [0.25, 0.3) is 0 Å². The standard InChI is InChI=1S/C25H30N2O4S/c1-18(2)19-13-15-20(16-14-19)26-24(28)17-23(25(26)29)27(21-9-5-3-6-10-21)32(30,31)22-11-7-4-8-12-22/h4,7-8,11-16,18,21,23H,3,5-6,9-10,17H2,1-2H3. The molecular weight excluding hydrogens is 424 g/mol. The second-order valence-corrected chi connectivity index (χ2v) is 10.8. The van der Waals surface area contributed by atoms with Crippen molar-refractivity contribution < 1.29 is 18.0 Å². The van der Waals surface area contributed by atoms with E-state index in [1.54, 1.807) is 42.5 Å². The molecule has 4 rings (SSSR count). The van der Waals surface area contributed by atoms with Crippen LogP contribution in [0.2, 0.25) is 0 Å². The van der Waals surface area contributed by atoms with E-state index in [0.29, 0.717) is 24.4 Å².